The summed E-state index contributed by atoms with van der Waals surface area (Å²) in [6.45, 7) is 10.3. The summed E-state index contributed by atoms with van der Waals surface area (Å²) in [5.41, 5.74) is 0.806. The molecule has 0 aliphatic rings. The molecule has 0 saturated heterocycles. The molecular formula is C15H22ClNO2. The Kier molecular flexibility index (Phi) is 6.27. The average Bonchev–Trinajstić information content (AvgIpc) is 2.39. The van der Waals surface area contributed by atoms with Crippen LogP contribution in [0.4, 0.5) is 0 Å². The number of benzene rings is 1. The number of rotatable bonds is 5. The summed E-state index contributed by atoms with van der Waals surface area (Å²) in [4.78, 5) is 17.0. The Labute approximate surface area is 121 Å². The molecule has 0 saturated carbocycles. The van der Waals surface area contributed by atoms with Gasteiger partial charge >= 0.3 is 5.97 Å². The summed E-state index contributed by atoms with van der Waals surface area (Å²) in [5, 5.41) is 0. The molecule has 4 heteroatoms. The normalized spacial score (nSPS) is 13.9. The van der Waals surface area contributed by atoms with Crippen LogP contribution in [0.15, 0.2) is 43.0 Å². The highest BCUT2D eigenvalue weighted by Gasteiger charge is 2.44. The minimum Gasteiger partial charge on any atom is -1.00 e. The highest BCUT2D eigenvalue weighted by Crippen LogP contribution is 2.33. The molecule has 0 heterocycles. The van der Waals surface area contributed by atoms with Gasteiger partial charge in [-0.05, 0) is 20.8 Å². The number of halogens is 1. The van der Waals surface area contributed by atoms with Gasteiger partial charge in [0.15, 0.2) is 5.54 Å². The van der Waals surface area contributed by atoms with Crippen molar-refractivity contribution in [2.24, 2.45) is 0 Å². The minimum atomic E-state index is -0.400. The number of hydrogen-bond donors (Lipinski definition) is 0. The van der Waals surface area contributed by atoms with Gasteiger partial charge in [0, 0.05) is 11.6 Å². The average molecular weight is 284 g/mol. The second-order valence-electron chi connectivity index (χ2n) is 4.96. The van der Waals surface area contributed by atoms with Crippen molar-refractivity contribution in [3.63, 3.8) is 0 Å². The Morgan fingerprint density at radius 3 is 2.32 bits per heavy atom. The Morgan fingerprint density at radius 2 is 1.89 bits per heavy atom. The molecule has 1 rings (SSSR count). The van der Waals surface area contributed by atoms with Crippen LogP contribution in [-0.2, 0) is 15.2 Å². The molecule has 1 aromatic carbocycles. The quantitative estimate of drug-likeness (QED) is 0.433. The summed E-state index contributed by atoms with van der Waals surface area (Å²) in [7, 11) is 1.91. The fraction of sp³-hybridized carbons (Fsp3) is 0.400. The molecule has 106 valence electrons. The van der Waals surface area contributed by atoms with Gasteiger partial charge in [-0.15, -0.1) is 4.65 Å². The molecule has 1 unspecified atom stereocenters. The van der Waals surface area contributed by atoms with Crippen LogP contribution >= 0.6 is 0 Å². The van der Waals surface area contributed by atoms with Crippen molar-refractivity contribution in [3.8, 4) is 0 Å². The lowest BCUT2D eigenvalue weighted by molar-refractivity contribution is -1.11. The first-order chi connectivity index (χ1) is 8.37. The summed E-state index contributed by atoms with van der Waals surface area (Å²) >= 11 is 0. The van der Waals surface area contributed by atoms with Gasteiger partial charge in [0.2, 0.25) is 0 Å². The van der Waals surface area contributed by atoms with Crippen molar-refractivity contribution >= 4 is 5.97 Å². The minimum absolute atomic E-state index is 0. The van der Waals surface area contributed by atoms with Gasteiger partial charge in [0.1, 0.15) is 13.6 Å². The van der Waals surface area contributed by atoms with Crippen molar-refractivity contribution in [3.05, 3.63) is 48.6 Å². The van der Waals surface area contributed by atoms with Crippen molar-refractivity contribution in [2.75, 3.05) is 13.6 Å². The molecule has 0 aliphatic heterocycles. The molecular weight excluding hydrogens is 262 g/mol. The van der Waals surface area contributed by atoms with E-state index in [0.717, 1.165) is 5.56 Å². The fourth-order valence-electron chi connectivity index (χ4n) is 1.93. The Morgan fingerprint density at radius 1 is 1.37 bits per heavy atom. The van der Waals surface area contributed by atoms with E-state index in [0.29, 0.717) is 6.54 Å². The first kappa shape index (κ1) is 17.7. The zero-order valence-corrected chi connectivity index (χ0v) is 12.8. The van der Waals surface area contributed by atoms with Gasteiger partial charge < -0.3 is 12.4 Å². The standard InChI is InChI=1S/C15H22NO2.ClH/c1-6-14(17)18-16(5,7-2)15(3,4)13-11-9-8-10-12-13;/h6,8-12H,1,7H2,2-5H3;1H/q+1;/p-1. The van der Waals surface area contributed by atoms with Gasteiger partial charge in [0.05, 0.1) is 0 Å². The number of carbonyl (C=O) groups is 1. The third-order valence-electron chi connectivity index (χ3n) is 3.72. The van der Waals surface area contributed by atoms with E-state index in [4.69, 9.17) is 4.84 Å². The highest BCUT2D eigenvalue weighted by atomic mass is 35.5. The van der Waals surface area contributed by atoms with Gasteiger partial charge in [-0.3, -0.25) is 4.84 Å². The second-order valence-corrected chi connectivity index (χ2v) is 4.96. The van der Waals surface area contributed by atoms with Crippen LogP contribution in [0.1, 0.15) is 26.3 Å². The van der Waals surface area contributed by atoms with E-state index in [2.05, 4.69) is 20.4 Å². The number of nitrogens with zero attached hydrogens (tertiary/aromatic N) is 1. The van der Waals surface area contributed by atoms with Gasteiger partial charge in [-0.1, -0.05) is 36.9 Å². The third kappa shape index (κ3) is 3.58. The maximum absolute atomic E-state index is 11.5. The molecule has 1 atom stereocenters. The predicted molar refractivity (Wildman–Crippen MR) is 72.5 cm³/mol. The van der Waals surface area contributed by atoms with Gasteiger partial charge in [-0.25, -0.2) is 4.79 Å². The lowest BCUT2D eigenvalue weighted by Gasteiger charge is -2.42. The molecule has 0 aromatic heterocycles. The van der Waals surface area contributed by atoms with Crippen LogP contribution in [0.25, 0.3) is 0 Å². The van der Waals surface area contributed by atoms with Crippen LogP contribution < -0.4 is 12.4 Å². The monoisotopic (exact) mass is 283 g/mol. The molecule has 0 amide bonds. The van der Waals surface area contributed by atoms with Gasteiger partial charge in [-0.2, -0.15) is 0 Å². The van der Waals surface area contributed by atoms with Crippen molar-refractivity contribution in [2.45, 2.75) is 26.3 Å². The number of hydroxylamine groups is 3. The first-order valence-electron chi connectivity index (χ1n) is 6.14. The molecule has 0 radical (unpaired) electrons. The van der Waals surface area contributed by atoms with E-state index < -0.39 is 5.97 Å². The van der Waals surface area contributed by atoms with Crippen molar-refractivity contribution in [1.82, 2.24) is 0 Å². The van der Waals surface area contributed by atoms with Crippen molar-refractivity contribution in [1.29, 1.82) is 0 Å². The Bertz CT molecular complexity index is 431. The second kappa shape index (κ2) is 6.73. The van der Waals surface area contributed by atoms with E-state index in [9.17, 15) is 4.79 Å². The van der Waals surface area contributed by atoms with Crippen LogP contribution in [0, 0.1) is 0 Å². The zero-order chi connectivity index (χ0) is 13.8. The number of hydrogen-bond acceptors (Lipinski definition) is 2. The van der Waals surface area contributed by atoms with E-state index >= 15 is 0 Å². The van der Waals surface area contributed by atoms with Crippen LogP contribution in [0.3, 0.4) is 0 Å². The van der Waals surface area contributed by atoms with Crippen LogP contribution in [-0.4, -0.2) is 24.2 Å². The molecule has 0 fully saturated rings. The number of quaternary nitrogens is 1. The molecule has 1 aromatic rings. The maximum atomic E-state index is 11.5. The third-order valence-corrected chi connectivity index (χ3v) is 3.72. The topological polar surface area (TPSA) is 26.3 Å². The summed E-state index contributed by atoms with van der Waals surface area (Å²) in [6.07, 6.45) is 1.20. The van der Waals surface area contributed by atoms with Crippen LogP contribution in [0.5, 0.6) is 0 Å². The Balaban J connectivity index is 0.00000324. The van der Waals surface area contributed by atoms with E-state index in [-0.39, 0.29) is 22.6 Å². The summed E-state index contributed by atoms with van der Waals surface area (Å²) < 4.78 is 0.182. The predicted octanol–water partition coefficient (Wildman–Crippen LogP) is 0.0364. The lowest BCUT2D eigenvalue weighted by Crippen LogP contribution is -3.00. The molecule has 3 nitrogen and oxygen atoms in total. The lowest BCUT2D eigenvalue weighted by atomic mass is 9.92. The van der Waals surface area contributed by atoms with E-state index in [1.807, 2.05) is 44.3 Å². The zero-order valence-electron chi connectivity index (χ0n) is 12.0. The SMILES string of the molecule is C=CC(=O)O[N+](C)(CC)C(C)(C)c1ccccc1.[Cl-]. The molecule has 0 aliphatic carbocycles. The molecule has 0 spiro atoms. The molecule has 0 N–H and O–H groups in total. The smallest absolute Gasteiger partial charge is 0.389 e. The largest absolute Gasteiger partial charge is 1.00 e. The molecule has 19 heavy (non-hydrogen) atoms. The molecule has 0 bridgehead atoms. The summed E-state index contributed by atoms with van der Waals surface area (Å²) in [6, 6.07) is 10.1. The fourth-order valence-corrected chi connectivity index (χ4v) is 1.93. The van der Waals surface area contributed by atoms with Gasteiger partial charge in [0.25, 0.3) is 0 Å². The first-order valence-corrected chi connectivity index (χ1v) is 6.14. The maximum Gasteiger partial charge on any atom is 0.389 e. The highest BCUT2D eigenvalue weighted by molar-refractivity contribution is 5.80. The van der Waals surface area contributed by atoms with E-state index in [1.54, 1.807) is 0 Å². The van der Waals surface area contributed by atoms with Crippen LogP contribution in [0.2, 0.25) is 0 Å². The van der Waals surface area contributed by atoms with Crippen molar-refractivity contribution < 1.29 is 26.7 Å². The number of carbonyl (C=O) groups excluding carboxylic acids is 1. The Hall–Kier alpha value is -1.32. The van der Waals surface area contributed by atoms with E-state index in [1.165, 1.54) is 6.08 Å². The summed E-state index contributed by atoms with van der Waals surface area (Å²) in [5.74, 6) is -0.400.